The number of pyridine rings is 1. The molecule has 0 bridgehead atoms. The van der Waals surface area contributed by atoms with Gasteiger partial charge in [-0.2, -0.15) is 0 Å². The Balaban J connectivity index is 1.39. The maximum atomic E-state index is 12.8. The van der Waals surface area contributed by atoms with Crippen molar-refractivity contribution in [2.24, 2.45) is 11.8 Å². The van der Waals surface area contributed by atoms with Crippen LogP contribution in [0.15, 0.2) is 36.8 Å². The summed E-state index contributed by atoms with van der Waals surface area (Å²) in [5.74, 6) is 2.48. The maximum absolute atomic E-state index is 12.8. The molecule has 0 radical (unpaired) electrons. The van der Waals surface area contributed by atoms with Gasteiger partial charge in [0.1, 0.15) is 0 Å². The molecule has 0 aliphatic carbocycles. The number of hydrogen-bond acceptors (Lipinski definition) is 6. The van der Waals surface area contributed by atoms with Crippen LogP contribution in [-0.2, 0) is 0 Å². The minimum absolute atomic E-state index is 0.0662. The van der Waals surface area contributed by atoms with Gasteiger partial charge in [0, 0.05) is 50.8 Å². The number of fused-ring (bicyclic) bond motifs is 1. The Morgan fingerprint density at radius 2 is 1.77 bits per heavy atom. The van der Waals surface area contributed by atoms with Gasteiger partial charge in [0.15, 0.2) is 0 Å². The number of aromatic nitrogens is 3. The summed E-state index contributed by atoms with van der Waals surface area (Å²) < 4.78 is 5.06. The molecule has 1 amide bonds. The van der Waals surface area contributed by atoms with E-state index in [1.54, 1.807) is 37.8 Å². The monoisotopic (exact) mass is 353 g/mol. The van der Waals surface area contributed by atoms with Crippen molar-refractivity contribution >= 4 is 11.9 Å². The Kier molecular flexibility index (Phi) is 4.69. The second kappa shape index (κ2) is 7.27. The fourth-order valence-corrected chi connectivity index (χ4v) is 3.98. The van der Waals surface area contributed by atoms with Crippen LogP contribution < -0.4 is 9.64 Å². The second-order valence-corrected chi connectivity index (χ2v) is 6.93. The van der Waals surface area contributed by atoms with Crippen LogP contribution in [0, 0.1) is 11.8 Å². The third-order valence-corrected chi connectivity index (χ3v) is 5.43. The molecule has 2 atom stereocenters. The lowest BCUT2D eigenvalue weighted by Gasteiger charge is -2.22. The normalized spacial score (nSPS) is 22.7. The molecule has 2 saturated heterocycles. The fourth-order valence-electron chi connectivity index (χ4n) is 3.98. The molecule has 0 spiro atoms. The quantitative estimate of drug-likeness (QED) is 0.839. The summed E-state index contributed by atoms with van der Waals surface area (Å²) in [5, 5.41) is 0. The van der Waals surface area contributed by atoms with Gasteiger partial charge < -0.3 is 14.5 Å². The number of carbonyl (C=O) groups excluding carboxylic acids is 1. The zero-order valence-corrected chi connectivity index (χ0v) is 14.9. The summed E-state index contributed by atoms with van der Waals surface area (Å²) in [5.41, 5.74) is 0.626. The topological polar surface area (TPSA) is 71.5 Å². The zero-order valence-electron chi connectivity index (χ0n) is 14.9. The lowest BCUT2D eigenvalue weighted by Crippen LogP contribution is -2.31. The number of hydrogen-bond donors (Lipinski definition) is 0. The molecule has 0 N–H and O–H groups in total. The molecule has 4 heterocycles. The van der Waals surface area contributed by atoms with E-state index in [1.807, 2.05) is 11.0 Å². The first kappa shape index (κ1) is 16.8. The maximum Gasteiger partial charge on any atom is 0.255 e. The summed E-state index contributed by atoms with van der Waals surface area (Å²) in [7, 11) is 1.57. The van der Waals surface area contributed by atoms with Crippen LogP contribution in [0.5, 0.6) is 5.88 Å². The SMILES string of the molecule is COc1ccc(C(=O)N2C[C@H]3CCN(c4ncccn4)CC[C@H]3C2)cn1. The van der Waals surface area contributed by atoms with Gasteiger partial charge in [-0.15, -0.1) is 0 Å². The molecule has 7 nitrogen and oxygen atoms in total. The smallest absolute Gasteiger partial charge is 0.255 e. The Morgan fingerprint density at radius 1 is 1.08 bits per heavy atom. The molecule has 7 heteroatoms. The molecule has 0 unspecified atom stereocenters. The van der Waals surface area contributed by atoms with Crippen molar-refractivity contribution in [1.29, 1.82) is 0 Å². The van der Waals surface area contributed by atoms with Crippen molar-refractivity contribution in [3.05, 3.63) is 42.4 Å². The Hall–Kier alpha value is -2.70. The minimum atomic E-state index is 0.0662. The van der Waals surface area contributed by atoms with Crippen molar-refractivity contribution < 1.29 is 9.53 Å². The van der Waals surface area contributed by atoms with Gasteiger partial charge in [-0.1, -0.05) is 0 Å². The van der Waals surface area contributed by atoms with E-state index in [4.69, 9.17) is 4.74 Å². The minimum Gasteiger partial charge on any atom is -0.481 e. The molecule has 2 aliphatic heterocycles. The standard InChI is InChI=1S/C19H23N5O2/c1-26-17-4-3-14(11-22-17)18(25)24-12-15-5-9-23(10-6-16(15)13-24)19-20-7-2-8-21-19/h2-4,7-8,11,15-16H,5-6,9-10,12-13H2,1H3/t15-,16+. The molecule has 0 aromatic carbocycles. The van der Waals surface area contributed by atoms with Crippen LogP contribution in [0.2, 0.25) is 0 Å². The number of ether oxygens (including phenoxy) is 1. The lowest BCUT2D eigenvalue weighted by atomic mass is 9.92. The van der Waals surface area contributed by atoms with Gasteiger partial charge >= 0.3 is 0 Å². The number of amides is 1. The van der Waals surface area contributed by atoms with E-state index >= 15 is 0 Å². The fraction of sp³-hybridized carbons (Fsp3) is 0.474. The van der Waals surface area contributed by atoms with E-state index in [2.05, 4.69) is 19.9 Å². The third kappa shape index (κ3) is 3.34. The molecule has 26 heavy (non-hydrogen) atoms. The molecular formula is C19H23N5O2. The Morgan fingerprint density at radius 3 is 2.35 bits per heavy atom. The van der Waals surface area contributed by atoms with Gasteiger partial charge in [-0.05, 0) is 36.8 Å². The second-order valence-electron chi connectivity index (χ2n) is 6.93. The number of anilines is 1. The van der Waals surface area contributed by atoms with Gasteiger partial charge in [0.05, 0.1) is 12.7 Å². The first-order valence-electron chi connectivity index (χ1n) is 9.06. The average molecular weight is 353 g/mol. The van der Waals surface area contributed by atoms with E-state index < -0.39 is 0 Å². The summed E-state index contributed by atoms with van der Waals surface area (Å²) in [4.78, 5) is 29.9. The van der Waals surface area contributed by atoms with E-state index in [9.17, 15) is 4.79 Å². The first-order valence-corrected chi connectivity index (χ1v) is 9.06. The van der Waals surface area contributed by atoms with Crippen molar-refractivity contribution in [2.45, 2.75) is 12.8 Å². The number of carbonyl (C=O) groups is 1. The van der Waals surface area contributed by atoms with Crippen molar-refractivity contribution in [3.63, 3.8) is 0 Å². The highest BCUT2D eigenvalue weighted by molar-refractivity contribution is 5.94. The van der Waals surface area contributed by atoms with Crippen LogP contribution in [0.25, 0.3) is 0 Å². The van der Waals surface area contributed by atoms with Crippen LogP contribution in [0.3, 0.4) is 0 Å². The van der Waals surface area contributed by atoms with E-state index in [-0.39, 0.29) is 5.91 Å². The molecule has 2 aromatic heterocycles. The molecule has 136 valence electrons. The highest BCUT2D eigenvalue weighted by atomic mass is 16.5. The number of methoxy groups -OCH3 is 1. The van der Waals surface area contributed by atoms with E-state index in [0.29, 0.717) is 23.3 Å². The van der Waals surface area contributed by atoms with Crippen LogP contribution in [-0.4, -0.2) is 59.0 Å². The first-order chi connectivity index (χ1) is 12.7. The predicted molar refractivity (Wildman–Crippen MR) is 97.2 cm³/mol. The highest BCUT2D eigenvalue weighted by Crippen LogP contribution is 2.33. The molecule has 4 rings (SSSR count). The Labute approximate surface area is 153 Å². The molecule has 2 fully saturated rings. The number of rotatable bonds is 3. The largest absolute Gasteiger partial charge is 0.481 e. The van der Waals surface area contributed by atoms with Gasteiger partial charge in [0.2, 0.25) is 11.8 Å². The van der Waals surface area contributed by atoms with Crippen LogP contribution in [0.1, 0.15) is 23.2 Å². The Bertz CT molecular complexity index is 736. The summed E-state index contributed by atoms with van der Waals surface area (Å²) >= 11 is 0. The number of nitrogens with zero attached hydrogens (tertiary/aromatic N) is 5. The molecular weight excluding hydrogens is 330 g/mol. The lowest BCUT2D eigenvalue weighted by molar-refractivity contribution is 0.0782. The van der Waals surface area contributed by atoms with Crippen molar-refractivity contribution in [3.8, 4) is 5.88 Å². The summed E-state index contributed by atoms with van der Waals surface area (Å²) in [6.07, 6.45) is 7.31. The summed E-state index contributed by atoms with van der Waals surface area (Å²) in [6, 6.07) is 5.36. The molecule has 2 aliphatic rings. The third-order valence-electron chi connectivity index (χ3n) is 5.43. The van der Waals surface area contributed by atoms with E-state index in [0.717, 1.165) is 45.0 Å². The van der Waals surface area contributed by atoms with Gasteiger partial charge in [-0.3, -0.25) is 4.79 Å². The van der Waals surface area contributed by atoms with Crippen molar-refractivity contribution in [2.75, 3.05) is 38.2 Å². The van der Waals surface area contributed by atoms with E-state index in [1.165, 1.54) is 0 Å². The van der Waals surface area contributed by atoms with Crippen molar-refractivity contribution in [1.82, 2.24) is 19.9 Å². The van der Waals surface area contributed by atoms with Gasteiger partial charge in [-0.25, -0.2) is 15.0 Å². The van der Waals surface area contributed by atoms with Crippen LogP contribution >= 0.6 is 0 Å². The zero-order chi connectivity index (χ0) is 17.9. The molecule has 2 aromatic rings. The number of likely N-dealkylation sites (tertiary alicyclic amines) is 1. The molecule has 0 saturated carbocycles. The highest BCUT2D eigenvalue weighted by Gasteiger charge is 2.37. The van der Waals surface area contributed by atoms with Crippen LogP contribution in [0.4, 0.5) is 5.95 Å². The van der Waals surface area contributed by atoms with Gasteiger partial charge in [0.25, 0.3) is 5.91 Å². The average Bonchev–Trinajstić information content (AvgIpc) is 3.01. The summed E-state index contributed by atoms with van der Waals surface area (Å²) in [6.45, 7) is 3.52. The predicted octanol–water partition coefficient (Wildman–Crippen LogP) is 1.87.